The number of aryl methyl sites for hydroxylation is 1. The van der Waals surface area contributed by atoms with Crippen molar-refractivity contribution in [3.8, 4) is 0 Å². The van der Waals surface area contributed by atoms with Gasteiger partial charge in [-0.3, -0.25) is 4.79 Å². The van der Waals surface area contributed by atoms with Crippen LogP contribution in [0.25, 0.3) is 0 Å². The SMILES string of the molecule is Cc1cc(CS(=O)(=O)CC(=O)NC(C)c2ccc(F)cc2)on1. The van der Waals surface area contributed by atoms with Crippen molar-refractivity contribution in [1.29, 1.82) is 0 Å². The highest BCUT2D eigenvalue weighted by atomic mass is 32.2. The highest BCUT2D eigenvalue weighted by Gasteiger charge is 2.21. The fraction of sp³-hybridized carbons (Fsp3) is 0.333. The molecule has 1 heterocycles. The molecule has 1 atom stereocenters. The maximum absolute atomic E-state index is 12.9. The summed E-state index contributed by atoms with van der Waals surface area (Å²) in [6.07, 6.45) is 0. The minimum atomic E-state index is -3.66. The molecule has 1 aromatic heterocycles. The van der Waals surface area contributed by atoms with E-state index in [2.05, 4.69) is 10.5 Å². The minimum absolute atomic E-state index is 0.196. The minimum Gasteiger partial charge on any atom is -0.360 e. The second-order valence-corrected chi connectivity index (χ2v) is 7.37. The van der Waals surface area contributed by atoms with Crippen LogP contribution in [0.15, 0.2) is 34.9 Å². The number of hydrogen-bond donors (Lipinski definition) is 1. The zero-order valence-electron chi connectivity index (χ0n) is 12.7. The average Bonchev–Trinajstić information content (AvgIpc) is 2.82. The van der Waals surface area contributed by atoms with Gasteiger partial charge in [0.1, 0.15) is 17.3 Å². The molecule has 1 N–H and O–H groups in total. The first-order valence-electron chi connectivity index (χ1n) is 6.92. The van der Waals surface area contributed by atoms with Crippen LogP contribution in [0.1, 0.15) is 30.0 Å². The van der Waals surface area contributed by atoms with E-state index in [1.165, 1.54) is 30.3 Å². The third kappa shape index (κ3) is 5.17. The molecule has 2 rings (SSSR count). The Morgan fingerprint density at radius 1 is 1.35 bits per heavy atom. The van der Waals surface area contributed by atoms with Gasteiger partial charge in [0.2, 0.25) is 5.91 Å². The van der Waals surface area contributed by atoms with Gasteiger partial charge in [-0.15, -0.1) is 0 Å². The zero-order valence-corrected chi connectivity index (χ0v) is 13.6. The highest BCUT2D eigenvalue weighted by molar-refractivity contribution is 7.91. The maximum Gasteiger partial charge on any atom is 0.235 e. The van der Waals surface area contributed by atoms with Crippen LogP contribution in [0.3, 0.4) is 0 Å². The van der Waals surface area contributed by atoms with Crippen molar-refractivity contribution in [2.24, 2.45) is 0 Å². The van der Waals surface area contributed by atoms with E-state index in [1.807, 2.05) is 0 Å². The van der Waals surface area contributed by atoms with Crippen molar-refractivity contribution in [3.63, 3.8) is 0 Å². The summed E-state index contributed by atoms with van der Waals surface area (Å²) in [5, 5.41) is 6.18. The lowest BCUT2D eigenvalue weighted by molar-refractivity contribution is -0.119. The van der Waals surface area contributed by atoms with Crippen LogP contribution in [-0.4, -0.2) is 25.2 Å². The summed E-state index contributed by atoms with van der Waals surface area (Å²) < 4.78 is 41.7. The maximum atomic E-state index is 12.9. The molecule has 1 amide bonds. The molecular weight excluding hydrogens is 323 g/mol. The van der Waals surface area contributed by atoms with Gasteiger partial charge in [-0.1, -0.05) is 17.3 Å². The molecule has 0 saturated carbocycles. The topological polar surface area (TPSA) is 89.3 Å². The Balaban J connectivity index is 1.94. The average molecular weight is 340 g/mol. The lowest BCUT2D eigenvalue weighted by atomic mass is 10.1. The number of halogens is 1. The Morgan fingerprint density at radius 2 is 2.00 bits per heavy atom. The number of nitrogens with one attached hydrogen (secondary N) is 1. The van der Waals surface area contributed by atoms with Crippen LogP contribution in [-0.2, 0) is 20.4 Å². The predicted octanol–water partition coefficient (Wildman–Crippen LogP) is 1.91. The Bertz CT molecular complexity index is 784. The van der Waals surface area contributed by atoms with Crippen molar-refractivity contribution >= 4 is 15.7 Å². The van der Waals surface area contributed by atoms with E-state index in [0.29, 0.717) is 11.3 Å². The van der Waals surface area contributed by atoms with Gasteiger partial charge in [0.05, 0.1) is 11.7 Å². The molecule has 0 aliphatic rings. The first-order chi connectivity index (χ1) is 10.7. The van der Waals surface area contributed by atoms with Crippen molar-refractivity contribution in [2.75, 3.05) is 5.75 Å². The Morgan fingerprint density at radius 3 is 2.57 bits per heavy atom. The summed E-state index contributed by atoms with van der Waals surface area (Å²) in [6.45, 7) is 3.37. The molecule has 2 aromatic rings. The molecule has 0 spiro atoms. The predicted molar refractivity (Wildman–Crippen MR) is 81.7 cm³/mol. The summed E-state index contributed by atoms with van der Waals surface area (Å²) in [5.41, 5.74) is 1.26. The lowest BCUT2D eigenvalue weighted by Gasteiger charge is -2.14. The Kier molecular flexibility index (Phi) is 5.15. The monoisotopic (exact) mass is 340 g/mol. The fourth-order valence-corrected chi connectivity index (χ4v) is 3.22. The molecule has 0 saturated heterocycles. The van der Waals surface area contributed by atoms with Crippen LogP contribution in [0.5, 0.6) is 0 Å². The van der Waals surface area contributed by atoms with Crippen molar-refractivity contribution in [2.45, 2.75) is 25.6 Å². The van der Waals surface area contributed by atoms with Gasteiger partial charge in [0.15, 0.2) is 15.6 Å². The molecule has 23 heavy (non-hydrogen) atoms. The molecule has 0 radical (unpaired) electrons. The molecule has 8 heteroatoms. The van der Waals surface area contributed by atoms with Gasteiger partial charge in [-0.05, 0) is 31.5 Å². The molecule has 6 nitrogen and oxygen atoms in total. The lowest BCUT2D eigenvalue weighted by Crippen LogP contribution is -2.32. The molecular formula is C15H17FN2O4S. The van der Waals surface area contributed by atoms with Crippen molar-refractivity contribution < 1.29 is 22.1 Å². The number of carbonyl (C=O) groups excluding carboxylic acids is 1. The number of aromatic nitrogens is 1. The summed E-state index contributed by atoms with van der Waals surface area (Å²) in [6, 6.07) is 6.71. The fourth-order valence-electron chi connectivity index (χ4n) is 2.07. The number of hydrogen-bond acceptors (Lipinski definition) is 5. The van der Waals surface area contributed by atoms with E-state index in [1.54, 1.807) is 13.8 Å². The van der Waals surface area contributed by atoms with Gasteiger partial charge >= 0.3 is 0 Å². The first kappa shape index (κ1) is 17.1. The number of sulfone groups is 1. The number of benzene rings is 1. The van der Waals surface area contributed by atoms with Crippen molar-refractivity contribution in [3.05, 3.63) is 53.2 Å². The van der Waals surface area contributed by atoms with E-state index in [9.17, 15) is 17.6 Å². The van der Waals surface area contributed by atoms with Crippen molar-refractivity contribution in [1.82, 2.24) is 10.5 Å². The van der Waals surface area contributed by atoms with Crippen LogP contribution >= 0.6 is 0 Å². The molecule has 0 aliphatic carbocycles. The zero-order chi connectivity index (χ0) is 17.0. The summed E-state index contributed by atoms with van der Waals surface area (Å²) >= 11 is 0. The van der Waals surface area contributed by atoms with Gasteiger partial charge in [0, 0.05) is 6.07 Å². The number of nitrogens with zero attached hydrogens (tertiary/aromatic N) is 1. The van der Waals surface area contributed by atoms with Gasteiger partial charge < -0.3 is 9.84 Å². The van der Waals surface area contributed by atoms with Gasteiger partial charge in [-0.2, -0.15) is 0 Å². The second kappa shape index (κ2) is 6.91. The normalized spacial score (nSPS) is 12.8. The Labute approximate surface area is 133 Å². The first-order valence-corrected chi connectivity index (χ1v) is 8.75. The molecule has 0 bridgehead atoms. The van der Waals surface area contributed by atoms with Crippen LogP contribution < -0.4 is 5.32 Å². The highest BCUT2D eigenvalue weighted by Crippen LogP contribution is 2.13. The van der Waals surface area contributed by atoms with Crippen LogP contribution in [0.4, 0.5) is 4.39 Å². The summed E-state index contributed by atoms with van der Waals surface area (Å²) in [5.74, 6) is -1.85. The second-order valence-electron chi connectivity index (χ2n) is 5.31. The molecule has 0 fully saturated rings. The third-order valence-corrected chi connectivity index (χ3v) is 4.56. The largest absolute Gasteiger partial charge is 0.360 e. The Hall–Kier alpha value is -2.22. The molecule has 1 unspecified atom stereocenters. The molecule has 1 aromatic carbocycles. The van der Waals surface area contributed by atoms with Gasteiger partial charge in [-0.25, -0.2) is 12.8 Å². The summed E-state index contributed by atoms with van der Waals surface area (Å²) in [7, 11) is -3.66. The van der Waals surface area contributed by atoms with Gasteiger partial charge in [0.25, 0.3) is 0 Å². The van der Waals surface area contributed by atoms with E-state index < -0.39 is 27.5 Å². The number of carbonyl (C=O) groups is 1. The van der Waals surface area contributed by atoms with E-state index in [0.717, 1.165) is 0 Å². The molecule has 0 aliphatic heterocycles. The third-order valence-electron chi connectivity index (χ3n) is 3.14. The number of rotatable bonds is 6. The van der Waals surface area contributed by atoms with E-state index >= 15 is 0 Å². The van der Waals surface area contributed by atoms with E-state index in [4.69, 9.17) is 4.52 Å². The summed E-state index contributed by atoms with van der Waals surface area (Å²) in [4.78, 5) is 11.9. The van der Waals surface area contributed by atoms with Crippen LogP contribution in [0, 0.1) is 12.7 Å². The quantitative estimate of drug-likeness (QED) is 0.868. The smallest absolute Gasteiger partial charge is 0.235 e. The number of amides is 1. The molecule has 124 valence electrons. The van der Waals surface area contributed by atoms with E-state index in [-0.39, 0.29) is 17.3 Å². The van der Waals surface area contributed by atoms with Crippen LogP contribution in [0.2, 0.25) is 0 Å². The standard InChI is InChI=1S/C15H17FN2O4S/c1-10-7-14(22-18-10)8-23(20,21)9-15(19)17-11(2)12-3-5-13(16)6-4-12/h3-7,11H,8-9H2,1-2H3,(H,17,19).